The highest BCUT2D eigenvalue weighted by atomic mass is 16.5. The van der Waals surface area contributed by atoms with Gasteiger partial charge in [0.2, 0.25) is 5.91 Å². The van der Waals surface area contributed by atoms with Gasteiger partial charge in [-0.05, 0) is 53.8 Å². The summed E-state index contributed by atoms with van der Waals surface area (Å²) in [4.78, 5) is 39.3. The number of hydrogen-bond acceptors (Lipinski definition) is 5. The van der Waals surface area contributed by atoms with E-state index in [1.807, 2.05) is 36.4 Å². The van der Waals surface area contributed by atoms with Crippen LogP contribution in [0.4, 0.5) is 10.5 Å². The SMILES string of the molecule is COC(=O)Cc1cccc(NC(=O)NCC(=O)N2C(c3ccccc3)CCC2c2cccc(O)c2)c1. The zero-order chi connectivity index (χ0) is 25.5. The Morgan fingerprint density at radius 2 is 1.61 bits per heavy atom. The fourth-order valence-electron chi connectivity index (χ4n) is 4.64. The molecule has 8 nitrogen and oxygen atoms in total. The average molecular weight is 488 g/mol. The summed E-state index contributed by atoms with van der Waals surface area (Å²) in [6.45, 7) is -0.188. The number of amides is 3. The van der Waals surface area contributed by atoms with E-state index in [-0.39, 0.29) is 42.7 Å². The van der Waals surface area contributed by atoms with E-state index in [9.17, 15) is 19.5 Å². The molecule has 3 aromatic rings. The number of carbonyl (C=O) groups is 3. The highest BCUT2D eigenvalue weighted by molar-refractivity contribution is 5.92. The Bertz CT molecular complexity index is 1230. The smallest absolute Gasteiger partial charge is 0.319 e. The van der Waals surface area contributed by atoms with Gasteiger partial charge in [-0.3, -0.25) is 9.59 Å². The van der Waals surface area contributed by atoms with E-state index in [1.165, 1.54) is 7.11 Å². The molecule has 1 aliphatic rings. The first-order chi connectivity index (χ1) is 17.4. The van der Waals surface area contributed by atoms with Crippen molar-refractivity contribution in [3.63, 3.8) is 0 Å². The maximum atomic E-state index is 13.4. The number of anilines is 1. The average Bonchev–Trinajstić information content (AvgIpc) is 3.33. The molecule has 0 radical (unpaired) electrons. The summed E-state index contributed by atoms with van der Waals surface area (Å²) in [6, 6.07) is 22.8. The highest BCUT2D eigenvalue weighted by Crippen LogP contribution is 2.44. The molecule has 0 aromatic heterocycles. The lowest BCUT2D eigenvalue weighted by Crippen LogP contribution is -2.42. The van der Waals surface area contributed by atoms with Crippen molar-refractivity contribution in [2.24, 2.45) is 0 Å². The van der Waals surface area contributed by atoms with Gasteiger partial charge in [-0.25, -0.2) is 4.79 Å². The molecule has 8 heteroatoms. The highest BCUT2D eigenvalue weighted by Gasteiger charge is 2.38. The summed E-state index contributed by atoms with van der Waals surface area (Å²) in [7, 11) is 1.32. The lowest BCUT2D eigenvalue weighted by Gasteiger charge is -2.31. The van der Waals surface area contributed by atoms with Crippen molar-refractivity contribution in [1.29, 1.82) is 0 Å². The Kier molecular flexibility index (Phi) is 7.85. The molecule has 0 aliphatic carbocycles. The minimum Gasteiger partial charge on any atom is -0.508 e. The van der Waals surface area contributed by atoms with Crippen LogP contribution in [-0.2, 0) is 20.7 Å². The van der Waals surface area contributed by atoms with Crippen LogP contribution in [0.2, 0.25) is 0 Å². The second kappa shape index (κ2) is 11.4. The Balaban J connectivity index is 1.45. The second-order valence-corrected chi connectivity index (χ2v) is 8.68. The fraction of sp³-hybridized carbons (Fsp3) is 0.250. The van der Waals surface area contributed by atoms with Crippen molar-refractivity contribution in [1.82, 2.24) is 10.2 Å². The van der Waals surface area contributed by atoms with Gasteiger partial charge in [0.1, 0.15) is 5.75 Å². The van der Waals surface area contributed by atoms with Crippen LogP contribution in [0.25, 0.3) is 0 Å². The van der Waals surface area contributed by atoms with E-state index in [0.717, 1.165) is 24.0 Å². The maximum Gasteiger partial charge on any atom is 0.319 e. The topological polar surface area (TPSA) is 108 Å². The predicted octanol–water partition coefficient (Wildman–Crippen LogP) is 4.33. The Morgan fingerprint density at radius 3 is 2.33 bits per heavy atom. The van der Waals surface area contributed by atoms with Crippen molar-refractivity contribution >= 4 is 23.6 Å². The third-order valence-electron chi connectivity index (χ3n) is 6.27. The van der Waals surface area contributed by atoms with Crippen LogP contribution in [0, 0.1) is 0 Å². The Hall–Kier alpha value is -4.33. The largest absolute Gasteiger partial charge is 0.508 e. The quantitative estimate of drug-likeness (QED) is 0.430. The number of esters is 1. The first-order valence-corrected chi connectivity index (χ1v) is 11.8. The van der Waals surface area contributed by atoms with Gasteiger partial charge in [-0.15, -0.1) is 0 Å². The number of benzene rings is 3. The van der Waals surface area contributed by atoms with Gasteiger partial charge in [0.05, 0.1) is 32.2 Å². The Labute approximate surface area is 209 Å². The summed E-state index contributed by atoms with van der Waals surface area (Å²) in [5.41, 5.74) is 3.09. The normalized spacial score (nSPS) is 16.9. The molecular formula is C28H29N3O5. The van der Waals surface area contributed by atoms with E-state index in [0.29, 0.717) is 11.3 Å². The molecule has 3 N–H and O–H groups in total. The zero-order valence-electron chi connectivity index (χ0n) is 20.0. The number of nitrogens with one attached hydrogen (secondary N) is 2. The number of ether oxygens (including phenoxy) is 1. The standard InChI is InChI=1S/C28H29N3O5/c1-36-27(34)16-19-7-5-11-22(15-19)30-28(35)29-18-26(33)31-24(20-8-3-2-4-9-20)13-14-25(31)21-10-6-12-23(32)17-21/h2-12,15,17,24-25,32H,13-14,16,18H2,1H3,(H2,29,30,35). The number of phenolic OH excluding ortho intramolecular Hbond substituents is 1. The summed E-state index contributed by atoms with van der Waals surface area (Å²) in [6.07, 6.45) is 1.61. The van der Waals surface area contributed by atoms with Gasteiger partial charge in [0.25, 0.3) is 0 Å². The van der Waals surface area contributed by atoms with Crippen LogP contribution in [-0.4, -0.2) is 41.6 Å². The van der Waals surface area contributed by atoms with E-state index in [2.05, 4.69) is 15.4 Å². The maximum absolute atomic E-state index is 13.4. The van der Waals surface area contributed by atoms with Crippen molar-refractivity contribution in [2.75, 3.05) is 19.0 Å². The number of hydrogen-bond donors (Lipinski definition) is 3. The summed E-state index contributed by atoms with van der Waals surface area (Å²) in [5.74, 6) is -0.443. The molecule has 1 saturated heterocycles. The van der Waals surface area contributed by atoms with Crippen LogP contribution in [0.15, 0.2) is 78.9 Å². The van der Waals surface area contributed by atoms with Crippen LogP contribution in [0.3, 0.4) is 0 Å². The van der Waals surface area contributed by atoms with E-state index >= 15 is 0 Å². The van der Waals surface area contributed by atoms with Gasteiger partial charge < -0.3 is 25.4 Å². The second-order valence-electron chi connectivity index (χ2n) is 8.68. The monoisotopic (exact) mass is 487 g/mol. The van der Waals surface area contributed by atoms with Crippen LogP contribution >= 0.6 is 0 Å². The first kappa shape index (κ1) is 24.8. The zero-order valence-corrected chi connectivity index (χ0v) is 20.0. The lowest BCUT2D eigenvalue weighted by molar-refractivity contribution is -0.139. The van der Waals surface area contributed by atoms with Crippen molar-refractivity contribution in [2.45, 2.75) is 31.3 Å². The number of likely N-dealkylation sites (tertiary alicyclic amines) is 1. The van der Waals surface area contributed by atoms with Crippen LogP contribution in [0.5, 0.6) is 5.75 Å². The fourth-order valence-corrected chi connectivity index (χ4v) is 4.64. The Morgan fingerprint density at radius 1 is 0.917 bits per heavy atom. The molecule has 2 atom stereocenters. The minimum absolute atomic E-state index is 0.0956. The van der Waals surface area contributed by atoms with Gasteiger partial charge >= 0.3 is 12.0 Å². The number of rotatable bonds is 7. The minimum atomic E-state index is -0.525. The molecule has 2 unspecified atom stereocenters. The molecule has 0 spiro atoms. The van der Waals surface area contributed by atoms with Gasteiger partial charge in [-0.1, -0.05) is 54.6 Å². The number of phenols is 1. The molecule has 0 saturated carbocycles. The summed E-state index contributed by atoms with van der Waals surface area (Å²) in [5, 5.41) is 15.3. The molecule has 3 amide bonds. The van der Waals surface area contributed by atoms with E-state index in [1.54, 1.807) is 47.4 Å². The third-order valence-corrected chi connectivity index (χ3v) is 6.27. The summed E-state index contributed by atoms with van der Waals surface area (Å²) >= 11 is 0. The number of carbonyl (C=O) groups excluding carboxylic acids is 3. The number of nitrogens with zero attached hydrogens (tertiary/aromatic N) is 1. The molecule has 1 fully saturated rings. The van der Waals surface area contributed by atoms with Gasteiger partial charge in [0.15, 0.2) is 0 Å². The van der Waals surface area contributed by atoms with Gasteiger partial charge in [-0.2, -0.15) is 0 Å². The van der Waals surface area contributed by atoms with Crippen molar-refractivity contribution in [3.05, 3.63) is 95.6 Å². The first-order valence-electron chi connectivity index (χ1n) is 11.8. The molecule has 186 valence electrons. The molecular weight excluding hydrogens is 458 g/mol. The van der Waals surface area contributed by atoms with Crippen LogP contribution < -0.4 is 10.6 Å². The van der Waals surface area contributed by atoms with E-state index in [4.69, 9.17) is 0 Å². The molecule has 3 aromatic carbocycles. The molecule has 0 bridgehead atoms. The van der Waals surface area contributed by atoms with Gasteiger partial charge in [0, 0.05) is 5.69 Å². The number of methoxy groups -OCH3 is 1. The van der Waals surface area contributed by atoms with Crippen molar-refractivity contribution < 1.29 is 24.2 Å². The molecule has 4 rings (SSSR count). The number of aromatic hydroxyl groups is 1. The molecule has 1 heterocycles. The van der Waals surface area contributed by atoms with E-state index < -0.39 is 6.03 Å². The lowest BCUT2D eigenvalue weighted by atomic mass is 10.0. The summed E-state index contributed by atoms with van der Waals surface area (Å²) < 4.78 is 4.68. The number of urea groups is 1. The molecule has 1 aliphatic heterocycles. The molecule has 36 heavy (non-hydrogen) atoms. The van der Waals surface area contributed by atoms with Crippen LogP contribution in [0.1, 0.15) is 41.6 Å². The third kappa shape index (κ3) is 6.02. The van der Waals surface area contributed by atoms with Crippen molar-refractivity contribution in [3.8, 4) is 5.75 Å². The predicted molar refractivity (Wildman–Crippen MR) is 135 cm³/mol.